The zero-order valence-electron chi connectivity index (χ0n) is 10.0. The molecule has 0 spiro atoms. The van der Waals surface area contributed by atoms with Crippen molar-refractivity contribution in [2.24, 2.45) is 5.73 Å². The number of rotatable bonds is 3. The molecular weight excluding hydrogens is 217 g/mol. The molecule has 0 saturated heterocycles. The fourth-order valence-corrected chi connectivity index (χ4v) is 1.77. The molecule has 2 N–H and O–H groups in total. The number of hydrogen-bond donors (Lipinski definition) is 1. The first-order valence-corrected chi connectivity index (χ1v) is 5.65. The number of nitrogens with two attached hydrogens (primary N) is 1. The molecule has 0 radical (unpaired) electrons. The summed E-state index contributed by atoms with van der Waals surface area (Å²) in [6.45, 7) is 4.57. The van der Waals surface area contributed by atoms with E-state index < -0.39 is 0 Å². The average molecular weight is 233 g/mol. The van der Waals surface area contributed by atoms with E-state index in [1.807, 2.05) is 17.8 Å². The van der Waals surface area contributed by atoms with E-state index in [0.29, 0.717) is 5.56 Å². The van der Waals surface area contributed by atoms with Gasteiger partial charge in [0.25, 0.3) is 0 Å². The third-order valence-electron chi connectivity index (χ3n) is 2.88. The number of benzene rings is 1. The van der Waals surface area contributed by atoms with E-state index >= 15 is 0 Å². The number of hydrogen-bond acceptors (Lipinski definition) is 2. The molecule has 0 amide bonds. The average Bonchev–Trinajstić information content (AvgIpc) is 2.80. The van der Waals surface area contributed by atoms with Crippen molar-refractivity contribution in [3.05, 3.63) is 53.1 Å². The summed E-state index contributed by atoms with van der Waals surface area (Å²) in [6.07, 6.45) is 3.68. The molecule has 0 fully saturated rings. The van der Waals surface area contributed by atoms with Crippen LogP contribution in [0.3, 0.4) is 0 Å². The molecule has 0 saturated carbocycles. The van der Waals surface area contributed by atoms with Gasteiger partial charge in [0, 0.05) is 18.3 Å². The Morgan fingerprint density at radius 2 is 2.18 bits per heavy atom. The Morgan fingerprint density at radius 3 is 2.76 bits per heavy atom. The number of nitrogens with zero attached hydrogens (tertiary/aromatic N) is 2. The van der Waals surface area contributed by atoms with E-state index in [4.69, 9.17) is 5.73 Å². The largest absolute Gasteiger partial charge is 0.320 e. The van der Waals surface area contributed by atoms with Crippen LogP contribution in [0.15, 0.2) is 30.6 Å². The highest BCUT2D eigenvalue weighted by atomic mass is 19.1. The van der Waals surface area contributed by atoms with Crippen molar-refractivity contribution >= 4 is 0 Å². The first-order valence-electron chi connectivity index (χ1n) is 5.65. The van der Waals surface area contributed by atoms with Gasteiger partial charge in [-0.3, -0.25) is 4.68 Å². The molecule has 90 valence electrons. The van der Waals surface area contributed by atoms with Gasteiger partial charge < -0.3 is 5.73 Å². The lowest BCUT2D eigenvalue weighted by Crippen LogP contribution is -2.11. The standard InChI is InChI=1S/C13H16FN3/c1-3-17-8-11(7-16-17)13(15)10-4-5-12(14)9(2)6-10/h4-8,13H,3,15H2,1-2H3. The van der Waals surface area contributed by atoms with Crippen LogP contribution in [0.5, 0.6) is 0 Å². The topological polar surface area (TPSA) is 43.8 Å². The third kappa shape index (κ3) is 2.36. The Morgan fingerprint density at radius 1 is 1.41 bits per heavy atom. The van der Waals surface area contributed by atoms with Crippen molar-refractivity contribution < 1.29 is 4.39 Å². The van der Waals surface area contributed by atoms with Crippen LogP contribution in [-0.2, 0) is 6.54 Å². The minimum absolute atomic E-state index is 0.204. The van der Waals surface area contributed by atoms with Crippen LogP contribution in [0.2, 0.25) is 0 Å². The number of halogens is 1. The quantitative estimate of drug-likeness (QED) is 0.884. The zero-order chi connectivity index (χ0) is 12.4. The molecule has 17 heavy (non-hydrogen) atoms. The summed E-state index contributed by atoms with van der Waals surface area (Å²) < 4.78 is 15.0. The molecule has 0 aliphatic heterocycles. The highest BCUT2D eigenvalue weighted by Crippen LogP contribution is 2.21. The smallest absolute Gasteiger partial charge is 0.126 e. The summed E-state index contributed by atoms with van der Waals surface area (Å²) in [5.41, 5.74) is 8.58. The zero-order valence-corrected chi connectivity index (χ0v) is 10.0. The molecule has 3 nitrogen and oxygen atoms in total. The molecule has 0 aliphatic carbocycles. The normalized spacial score (nSPS) is 12.7. The molecule has 1 aromatic heterocycles. The molecule has 1 atom stereocenters. The van der Waals surface area contributed by atoms with Gasteiger partial charge in [0.1, 0.15) is 5.82 Å². The summed E-state index contributed by atoms with van der Waals surface area (Å²) in [6, 6.07) is 4.70. The Labute approximate surface area is 100 Å². The van der Waals surface area contributed by atoms with Crippen LogP contribution in [-0.4, -0.2) is 9.78 Å². The lowest BCUT2D eigenvalue weighted by atomic mass is 10.0. The predicted octanol–water partition coefficient (Wildman–Crippen LogP) is 2.40. The van der Waals surface area contributed by atoms with Gasteiger partial charge in [-0.25, -0.2) is 4.39 Å². The Kier molecular flexibility index (Phi) is 3.24. The van der Waals surface area contributed by atoms with E-state index in [2.05, 4.69) is 5.10 Å². The van der Waals surface area contributed by atoms with Crippen LogP contribution in [0.1, 0.15) is 29.7 Å². The molecule has 2 aromatic rings. The second-order valence-electron chi connectivity index (χ2n) is 4.12. The van der Waals surface area contributed by atoms with Gasteiger partial charge in [-0.2, -0.15) is 5.10 Å². The van der Waals surface area contributed by atoms with Crippen molar-refractivity contribution in [1.82, 2.24) is 9.78 Å². The van der Waals surface area contributed by atoms with Gasteiger partial charge in [0.2, 0.25) is 0 Å². The summed E-state index contributed by atoms with van der Waals surface area (Å²) in [5.74, 6) is -0.204. The van der Waals surface area contributed by atoms with Gasteiger partial charge in [0.15, 0.2) is 0 Å². The minimum Gasteiger partial charge on any atom is -0.320 e. The molecule has 1 aromatic carbocycles. The molecule has 1 unspecified atom stereocenters. The maximum atomic E-state index is 13.2. The fraction of sp³-hybridized carbons (Fsp3) is 0.308. The van der Waals surface area contributed by atoms with Gasteiger partial charge in [-0.05, 0) is 31.0 Å². The van der Waals surface area contributed by atoms with Crippen LogP contribution in [0, 0.1) is 12.7 Å². The van der Waals surface area contributed by atoms with Crippen LogP contribution >= 0.6 is 0 Å². The molecule has 0 aliphatic rings. The Bertz CT molecular complexity index is 519. The van der Waals surface area contributed by atoms with Crippen LogP contribution < -0.4 is 5.73 Å². The maximum absolute atomic E-state index is 13.2. The maximum Gasteiger partial charge on any atom is 0.126 e. The van der Waals surface area contributed by atoms with Crippen molar-refractivity contribution in [2.45, 2.75) is 26.4 Å². The lowest BCUT2D eigenvalue weighted by Gasteiger charge is -2.10. The summed E-state index contributed by atoms with van der Waals surface area (Å²) in [7, 11) is 0. The van der Waals surface area contributed by atoms with E-state index in [9.17, 15) is 4.39 Å². The third-order valence-corrected chi connectivity index (χ3v) is 2.88. The predicted molar refractivity (Wildman–Crippen MR) is 65.1 cm³/mol. The molecule has 0 bridgehead atoms. The minimum atomic E-state index is -0.255. The molecule has 4 heteroatoms. The van der Waals surface area contributed by atoms with E-state index in [1.54, 1.807) is 25.3 Å². The second kappa shape index (κ2) is 4.67. The molecule has 2 rings (SSSR count). The summed E-state index contributed by atoms with van der Waals surface area (Å²) >= 11 is 0. The van der Waals surface area contributed by atoms with Crippen molar-refractivity contribution in [2.75, 3.05) is 0 Å². The second-order valence-corrected chi connectivity index (χ2v) is 4.12. The highest BCUT2D eigenvalue weighted by molar-refractivity contribution is 5.32. The number of aryl methyl sites for hydroxylation is 2. The molecule has 1 heterocycles. The number of aromatic nitrogens is 2. The van der Waals surface area contributed by atoms with Gasteiger partial charge in [0.05, 0.1) is 12.2 Å². The lowest BCUT2D eigenvalue weighted by molar-refractivity contribution is 0.617. The van der Waals surface area contributed by atoms with E-state index in [0.717, 1.165) is 17.7 Å². The van der Waals surface area contributed by atoms with Crippen molar-refractivity contribution in [1.29, 1.82) is 0 Å². The van der Waals surface area contributed by atoms with E-state index in [1.165, 1.54) is 6.07 Å². The fourth-order valence-electron chi connectivity index (χ4n) is 1.77. The van der Waals surface area contributed by atoms with E-state index in [-0.39, 0.29) is 11.9 Å². The Balaban J connectivity index is 2.29. The summed E-state index contributed by atoms with van der Waals surface area (Å²) in [5, 5.41) is 4.18. The highest BCUT2D eigenvalue weighted by Gasteiger charge is 2.12. The first-order chi connectivity index (χ1) is 8.11. The molecular formula is C13H16FN3. The van der Waals surface area contributed by atoms with Crippen LogP contribution in [0.4, 0.5) is 4.39 Å². The first kappa shape index (κ1) is 11.8. The SMILES string of the molecule is CCn1cc(C(N)c2ccc(F)c(C)c2)cn1. The van der Waals surface area contributed by atoms with Gasteiger partial charge >= 0.3 is 0 Å². The van der Waals surface area contributed by atoms with Gasteiger partial charge in [-0.15, -0.1) is 0 Å². The monoisotopic (exact) mass is 233 g/mol. The Hall–Kier alpha value is -1.68. The van der Waals surface area contributed by atoms with Crippen LogP contribution in [0.25, 0.3) is 0 Å². The summed E-state index contributed by atoms with van der Waals surface area (Å²) in [4.78, 5) is 0. The van der Waals surface area contributed by atoms with Crippen molar-refractivity contribution in [3.63, 3.8) is 0 Å². The van der Waals surface area contributed by atoms with Gasteiger partial charge in [-0.1, -0.05) is 12.1 Å². The van der Waals surface area contributed by atoms with Crippen molar-refractivity contribution in [3.8, 4) is 0 Å².